The van der Waals surface area contributed by atoms with Crippen molar-refractivity contribution in [1.82, 2.24) is 0 Å². The number of anilines is 1. The van der Waals surface area contributed by atoms with Gasteiger partial charge in [-0.05, 0) is 74.0 Å². The van der Waals surface area contributed by atoms with E-state index in [1.807, 2.05) is 6.92 Å². The first kappa shape index (κ1) is 21.8. The minimum Gasteiger partial charge on any atom is -0.360 e. The fourth-order valence-electron chi connectivity index (χ4n) is 5.99. The highest BCUT2D eigenvalue weighted by molar-refractivity contribution is 8.00. The molecule has 5 fully saturated rings. The summed E-state index contributed by atoms with van der Waals surface area (Å²) in [6, 6.07) is 6.24. The number of alkyl halides is 3. The molecular formula is C22H28F3NO4S. The molecule has 4 saturated heterocycles. The maximum atomic E-state index is 12.6. The lowest BCUT2D eigenvalue weighted by atomic mass is 9.58. The number of hydrogen-bond acceptors (Lipinski definition) is 6. The number of halogens is 3. The molecule has 1 aromatic rings. The zero-order valence-electron chi connectivity index (χ0n) is 17.8. The summed E-state index contributed by atoms with van der Waals surface area (Å²) in [7, 11) is 0. The van der Waals surface area contributed by atoms with E-state index in [1.165, 1.54) is 12.1 Å². The van der Waals surface area contributed by atoms with Gasteiger partial charge < -0.3 is 14.8 Å². The van der Waals surface area contributed by atoms with E-state index in [0.717, 1.165) is 25.7 Å². The smallest absolute Gasteiger partial charge is 0.360 e. The number of thioether (sulfide) groups is 1. The van der Waals surface area contributed by atoms with E-state index in [-0.39, 0.29) is 34.7 Å². The molecule has 0 unspecified atom stereocenters. The number of ether oxygens (including phenoxy) is 2. The van der Waals surface area contributed by atoms with Crippen LogP contribution in [0.1, 0.15) is 46.5 Å². The van der Waals surface area contributed by atoms with Crippen LogP contribution in [0.2, 0.25) is 0 Å². The van der Waals surface area contributed by atoms with Gasteiger partial charge in [0.2, 0.25) is 5.79 Å². The zero-order valence-corrected chi connectivity index (χ0v) is 18.6. The van der Waals surface area contributed by atoms with Crippen molar-refractivity contribution in [3.05, 3.63) is 24.3 Å². The van der Waals surface area contributed by atoms with Crippen LogP contribution >= 0.6 is 11.8 Å². The molecule has 1 saturated carbocycles. The molecule has 9 heteroatoms. The number of fused-ring (bicyclic) bond motifs is 2. The fourth-order valence-corrected chi connectivity index (χ4v) is 6.53. The SMILES string of the molecule is C[C@H]1[C@H](Nc2ccc(SC(F)(F)F)cc2)O[C@@H]2O[C@@]3(C)CC[C@H]4[C@H](C)CC[C@@H]1[C@@]24OO3. The summed E-state index contributed by atoms with van der Waals surface area (Å²) in [6.45, 7) is 6.29. The molecule has 1 N–H and O–H groups in total. The van der Waals surface area contributed by atoms with Gasteiger partial charge >= 0.3 is 5.51 Å². The molecule has 2 bridgehead atoms. The predicted molar refractivity (Wildman–Crippen MR) is 109 cm³/mol. The quantitative estimate of drug-likeness (QED) is 0.447. The molecule has 1 aliphatic carbocycles. The third kappa shape index (κ3) is 3.76. The molecule has 0 amide bonds. The lowest BCUT2D eigenvalue weighted by molar-refractivity contribution is -0.570. The monoisotopic (exact) mass is 459 g/mol. The highest BCUT2D eigenvalue weighted by atomic mass is 32.2. The first-order chi connectivity index (χ1) is 14.6. The van der Waals surface area contributed by atoms with Gasteiger partial charge in [0.15, 0.2) is 11.9 Å². The average Bonchev–Trinajstić information content (AvgIpc) is 2.92. The van der Waals surface area contributed by atoms with E-state index in [1.54, 1.807) is 12.1 Å². The molecule has 4 aliphatic heterocycles. The normalized spacial score (nSPS) is 44.5. The van der Waals surface area contributed by atoms with Gasteiger partial charge in [-0.3, -0.25) is 0 Å². The Morgan fingerprint density at radius 2 is 1.77 bits per heavy atom. The van der Waals surface area contributed by atoms with Crippen molar-refractivity contribution in [2.75, 3.05) is 5.32 Å². The summed E-state index contributed by atoms with van der Waals surface area (Å²) in [5, 5.41) is 3.37. The summed E-state index contributed by atoms with van der Waals surface area (Å²) in [5.41, 5.74) is -4.21. The van der Waals surface area contributed by atoms with Crippen molar-refractivity contribution in [2.45, 2.75) is 80.8 Å². The standard InChI is InChI=1S/C22H28F3NO4S/c1-12-4-9-17-13(2)18(26-14-5-7-15(8-6-14)31-22(23,24)25)27-19-21(17)16(12)10-11-20(3,28-19)29-30-21/h5-8,12-13,16-19,26H,4,9-11H2,1-3H3/t12-,13-,16+,17+,18-,19-,20-,21-/m1/s1. The van der Waals surface area contributed by atoms with E-state index in [4.69, 9.17) is 19.2 Å². The third-order valence-electron chi connectivity index (χ3n) is 7.55. The van der Waals surface area contributed by atoms with Gasteiger partial charge in [0.05, 0.1) is 0 Å². The fraction of sp³-hybridized carbons (Fsp3) is 0.727. The summed E-state index contributed by atoms with van der Waals surface area (Å²) < 4.78 is 50.6. The highest BCUT2D eigenvalue weighted by Gasteiger charge is 2.69. The Kier molecular flexibility index (Phi) is 5.29. The molecule has 1 spiro atoms. The highest BCUT2D eigenvalue weighted by Crippen LogP contribution is 2.60. The summed E-state index contributed by atoms with van der Waals surface area (Å²) in [5.74, 6) is 0.241. The predicted octanol–water partition coefficient (Wildman–Crippen LogP) is 5.92. The van der Waals surface area contributed by atoms with Gasteiger partial charge in [0.1, 0.15) is 6.23 Å². The van der Waals surface area contributed by atoms with Gasteiger partial charge in [0.25, 0.3) is 0 Å². The van der Waals surface area contributed by atoms with E-state index < -0.39 is 23.2 Å². The Balaban J connectivity index is 1.39. The second kappa shape index (κ2) is 7.52. The summed E-state index contributed by atoms with van der Waals surface area (Å²) in [4.78, 5) is 12.1. The van der Waals surface area contributed by atoms with Crippen LogP contribution in [-0.2, 0) is 19.2 Å². The van der Waals surface area contributed by atoms with Crippen LogP contribution in [0.5, 0.6) is 0 Å². The molecule has 172 valence electrons. The molecule has 0 radical (unpaired) electrons. The lowest BCUT2D eigenvalue weighted by Gasteiger charge is -2.60. The second-order valence-electron chi connectivity index (χ2n) is 9.54. The Bertz CT molecular complexity index is 824. The van der Waals surface area contributed by atoms with Crippen LogP contribution in [0.4, 0.5) is 18.9 Å². The zero-order chi connectivity index (χ0) is 22.0. The second-order valence-corrected chi connectivity index (χ2v) is 10.7. The van der Waals surface area contributed by atoms with Crippen molar-refractivity contribution >= 4 is 17.4 Å². The molecule has 1 aromatic carbocycles. The van der Waals surface area contributed by atoms with Crippen molar-refractivity contribution < 1.29 is 32.4 Å². The van der Waals surface area contributed by atoms with Gasteiger partial charge in [-0.25, -0.2) is 9.78 Å². The molecule has 5 nitrogen and oxygen atoms in total. The maximum Gasteiger partial charge on any atom is 0.446 e. The minimum atomic E-state index is -4.30. The number of nitrogens with one attached hydrogen (secondary N) is 1. The summed E-state index contributed by atoms with van der Waals surface area (Å²) >= 11 is -0.117. The Labute approximate surface area is 184 Å². The van der Waals surface area contributed by atoms with Gasteiger partial charge in [-0.1, -0.05) is 13.8 Å². The lowest BCUT2D eigenvalue weighted by Crippen LogP contribution is -2.71. The van der Waals surface area contributed by atoms with Crippen LogP contribution in [0, 0.1) is 23.7 Å². The molecule has 4 heterocycles. The van der Waals surface area contributed by atoms with E-state index in [0.29, 0.717) is 17.5 Å². The molecular weight excluding hydrogens is 431 g/mol. The van der Waals surface area contributed by atoms with E-state index >= 15 is 0 Å². The largest absolute Gasteiger partial charge is 0.446 e. The van der Waals surface area contributed by atoms with Gasteiger partial charge in [0, 0.05) is 28.8 Å². The minimum absolute atomic E-state index is 0.102. The molecule has 0 aromatic heterocycles. The van der Waals surface area contributed by atoms with Crippen molar-refractivity contribution in [2.24, 2.45) is 23.7 Å². The summed E-state index contributed by atoms with van der Waals surface area (Å²) in [6.07, 6.45) is 2.92. The van der Waals surface area contributed by atoms with Crippen LogP contribution in [0.25, 0.3) is 0 Å². The molecule has 31 heavy (non-hydrogen) atoms. The molecule has 5 aliphatic rings. The van der Waals surface area contributed by atoms with Crippen molar-refractivity contribution in [3.63, 3.8) is 0 Å². The Morgan fingerprint density at radius 1 is 1.03 bits per heavy atom. The van der Waals surface area contributed by atoms with Gasteiger partial charge in [-0.2, -0.15) is 13.2 Å². The number of hydrogen-bond donors (Lipinski definition) is 1. The van der Waals surface area contributed by atoms with Crippen LogP contribution in [-0.4, -0.2) is 29.4 Å². The van der Waals surface area contributed by atoms with Crippen molar-refractivity contribution in [3.8, 4) is 0 Å². The Morgan fingerprint density at radius 3 is 2.48 bits per heavy atom. The van der Waals surface area contributed by atoms with E-state index in [2.05, 4.69) is 19.2 Å². The van der Waals surface area contributed by atoms with Gasteiger partial charge in [-0.15, -0.1) is 0 Å². The van der Waals surface area contributed by atoms with Crippen LogP contribution in [0.3, 0.4) is 0 Å². The maximum absolute atomic E-state index is 12.6. The van der Waals surface area contributed by atoms with E-state index in [9.17, 15) is 13.2 Å². The number of rotatable bonds is 3. The topological polar surface area (TPSA) is 49.0 Å². The van der Waals surface area contributed by atoms with Crippen molar-refractivity contribution in [1.29, 1.82) is 0 Å². The third-order valence-corrected chi connectivity index (χ3v) is 8.29. The number of benzene rings is 1. The first-order valence-corrected chi connectivity index (χ1v) is 11.7. The molecule has 8 atom stereocenters. The molecule has 6 rings (SSSR count). The first-order valence-electron chi connectivity index (χ1n) is 10.9. The average molecular weight is 460 g/mol. The van der Waals surface area contributed by atoms with Crippen LogP contribution in [0.15, 0.2) is 29.2 Å². The van der Waals surface area contributed by atoms with Crippen LogP contribution < -0.4 is 5.32 Å². The Hall–Kier alpha value is -1.00.